The Balaban J connectivity index is 2.89. The highest BCUT2D eigenvalue weighted by atomic mass is 16.4. The van der Waals surface area contributed by atoms with Gasteiger partial charge in [-0.1, -0.05) is 0 Å². The summed E-state index contributed by atoms with van der Waals surface area (Å²) in [6, 6.07) is 0. The second kappa shape index (κ2) is 13.0. The lowest BCUT2D eigenvalue weighted by Crippen LogP contribution is -2.48. The van der Waals surface area contributed by atoms with Crippen molar-refractivity contribution in [3.05, 3.63) is 0 Å². The average molecular weight is 417 g/mol. The number of carboxylic acids is 3. The van der Waals surface area contributed by atoms with Crippen LogP contribution in [0.1, 0.15) is 6.42 Å². The van der Waals surface area contributed by atoms with Crippen molar-refractivity contribution in [2.24, 2.45) is 5.73 Å². The predicted octanol–water partition coefficient (Wildman–Crippen LogP) is -2.66. The van der Waals surface area contributed by atoms with E-state index in [1.165, 1.54) is 0 Å². The Kier molecular flexibility index (Phi) is 11.1. The molecular weight excluding hydrogens is 386 g/mol. The summed E-state index contributed by atoms with van der Waals surface area (Å²) in [5.41, 5.74) is 5.23. The van der Waals surface area contributed by atoms with Gasteiger partial charge < -0.3 is 26.0 Å². The third-order valence-corrected chi connectivity index (χ3v) is 4.68. The molecule has 1 aliphatic rings. The van der Waals surface area contributed by atoms with Gasteiger partial charge in [0.05, 0.1) is 19.6 Å². The Morgan fingerprint density at radius 1 is 0.586 bits per heavy atom. The highest BCUT2D eigenvalue weighted by Crippen LogP contribution is 2.02. The smallest absolute Gasteiger partial charge is 0.317 e. The first-order chi connectivity index (χ1) is 13.7. The summed E-state index contributed by atoms with van der Waals surface area (Å²) in [5, 5.41) is 27.4. The van der Waals surface area contributed by atoms with Crippen LogP contribution in [0.4, 0.5) is 0 Å². The van der Waals surface area contributed by atoms with Gasteiger partial charge in [0.25, 0.3) is 0 Å². The van der Waals surface area contributed by atoms with Crippen LogP contribution >= 0.6 is 0 Å². The van der Waals surface area contributed by atoms with E-state index in [1.807, 2.05) is 4.90 Å². The molecule has 0 aromatic rings. The Bertz CT molecular complexity index is 542. The molecule has 0 radical (unpaired) electrons. The lowest BCUT2D eigenvalue weighted by molar-refractivity contribution is -0.140. The number of amides is 1. The molecule has 0 spiro atoms. The van der Waals surface area contributed by atoms with E-state index >= 15 is 0 Å². The van der Waals surface area contributed by atoms with E-state index in [-0.39, 0.29) is 26.1 Å². The van der Waals surface area contributed by atoms with Gasteiger partial charge in [0, 0.05) is 65.3 Å². The predicted molar refractivity (Wildman–Crippen MR) is 102 cm³/mol. The number of carbonyl (C=O) groups excluding carboxylic acids is 1. The van der Waals surface area contributed by atoms with E-state index in [0.29, 0.717) is 58.9 Å². The van der Waals surface area contributed by atoms with Crippen molar-refractivity contribution >= 4 is 23.8 Å². The van der Waals surface area contributed by atoms with Gasteiger partial charge in [0.15, 0.2) is 0 Å². The highest BCUT2D eigenvalue weighted by molar-refractivity contribution is 5.73. The molecule has 0 atom stereocenters. The fourth-order valence-corrected chi connectivity index (χ4v) is 3.12. The first-order valence-electron chi connectivity index (χ1n) is 9.48. The number of hydrogen-bond acceptors (Lipinski definition) is 8. The number of hydrogen-bond donors (Lipinski definition) is 4. The standard InChI is InChI=1S/C17H31N5O7/c18-14(23)1-2-19-3-5-20(11-15(24)25)7-9-22(13-17(28)29)10-8-21(6-4-19)12-16(26)27/h1-13H2,(H2,18,23)(H,24,25)(H,26,27)(H,28,29). The highest BCUT2D eigenvalue weighted by Gasteiger charge is 2.20. The number of carbonyl (C=O) groups is 4. The molecule has 0 aromatic heterocycles. The molecule has 0 saturated carbocycles. The van der Waals surface area contributed by atoms with Crippen LogP contribution in [0, 0.1) is 0 Å². The third kappa shape index (κ3) is 12.0. The maximum atomic E-state index is 11.2. The first-order valence-corrected chi connectivity index (χ1v) is 9.48. The molecule has 1 rings (SSSR count). The summed E-state index contributed by atoms with van der Waals surface area (Å²) in [6.45, 7) is 3.10. The molecule has 0 bridgehead atoms. The number of nitrogens with two attached hydrogens (primary N) is 1. The molecule has 29 heavy (non-hydrogen) atoms. The van der Waals surface area contributed by atoms with Crippen molar-refractivity contribution < 1.29 is 34.5 Å². The lowest BCUT2D eigenvalue weighted by atomic mass is 10.3. The van der Waals surface area contributed by atoms with Crippen LogP contribution in [0.2, 0.25) is 0 Å². The van der Waals surface area contributed by atoms with Crippen molar-refractivity contribution in [1.29, 1.82) is 0 Å². The normalized spacial score (nSPS) is 19.2. The molecule has 0 aromatic carbocycles. The summed E-state index contributed by atoms with van der Waals surface area (Å²) in [4.78, 5) is 51.7. The van der Waals surface area contributed by atoms with E-state index in [2.05, 4.69) is 0 Å². The summed E-state index contributed by atoms with van der Waals surface area (Å²) in [5.74, 6) is -3.38. The molecular formula is C17H31N5O7. The van der Waals surface area contributed by atoms with Crippen LogP contribution in [-0.2, 0) is 19.2 Å². The lowest BCUT2D eigenvalue weighted by Gasteiger charge is -2.33. The first kappa shape index (κ1) is 24.8. The number of primary amides is 1. The minimum atomic E-state index is -0.996. The van der Waals surface area contributed by atoms with E-state index in [4.69, 9.17) is 21.1 Å². The Morgan fingerprint density at radius 2 is 0.862 bits per heavy atom. The van der Waals surface area contributed by atoms with E-state index < -0.39 is 23.8 Å². The molecule has 0 aliphatic carbocycles. The van der Waals surface area contributed by atoms with Crippen molar-refractivity contribution in [1.82, 2.24) is 19.6 Å². The maximum absolute atomic E-state index is 11.2. The van der Waals surface area contributed by atoms with Crippen LogP contribution in [0.3, 0.4) is 0 Å². The van der Waals surface area contributed by atoms with E-state index in [9.17, 15) is 19.2 Å². The van der Waals surface area contributed by atoms with E-state index in [1.54, 1.807) is 14.7 Å². The Morgan fingerprint density at radius 3 is 1.10 bits per heavy atom. The number of rotatable bonds is 9. The molecule has 12 nitrogen and oxygen atoms in total. The summed E-state index contributed by atoms with van der Waals surface area (Å²) in [6.07, 6.45) is 0.157. The second-order valence-electron chi connectivity index (χ2n) is 7.07. The van der Waals surface area contributed by atoms with Gasteiger partial charge in [-0.3, -0.25) is 33.9 Å². The van der Waals surface area contributed by atoms with Gasteiger partial charge in [0.1, 0.15) is 0 Å². The van der Waals surface area contributed by atoms with Gasteiger partial charge in [-0.2, -0.15) is 0 Å². The Hall–Kier alpha value is -2.28. The monoisotopic (exact) mass is 417 g/mol. The number of aliphatic carboxylic acids is 3. The average Bonchev–Trinajstić information content (AvgIpc) is 2.59. The minimum Gasteiger partial charge on any atom is -0.480 e. The third-order valence-electron chi connectivity index (χ3n) is 4.68. The van der Waals surface area contributed by atoms with Gasteiger partial charge in [-0.25, -0.2) is 0 Å². The van der Waals surface area contributed by atoms with Crippen molar-refractivity contribution in [2.45, 2.75) is 6.42 Å². The molecule has 1 saturated heterocycles. The van der Waals surface area contributed by atoms with Gasteiger partial charge in [-0.05, 0) is 0 Å². The zero-order valence-electron chi connectivity index (χ0n) is 16.5. The molecule has 0 unspecified atom stereocenters. The summed E-state index contributed by atoms with van der Waals surface area (Å²) in [7, 11) is 0. The maximum Gasteiger partial charge on any atom is 0.317 e. The second-order valence-corrected chi connectivity index (χ2v) is 7.07. The largest absolute Gasteiger partial charge is 0.480 e. The van der Waals surface area contributed by atoms with Gasteiger partial charge in [-0.15, -0.1) is 0 Å². The molecule has 12 heteroatoms. The molecule has 1 amide bonds. The van der Waals surface area contributed by atoms with Crippen LogP contribution in [0.15, 0.2) is 0 Å². The zero-order valence-corrected chi connectivity index (χ0v) is 16.5. The number of carboxylic acid groups (broad SMARTS) is 3. The molecule has 1 heterocycles. The van der Waals surface area contributed by atoms with E-state index in [0.717, 1.165) is 0 Å². The summed E-state index contributed by atoms with van der Waals surface area (Å²) >= 11 is 0. The van der Waals surface area contributed by atoms with Crippen LogP contribution < -0.4 is 5.73 Å². The van der Waals surface area contributed by atoms with Crippen LogP contribution in [-0.4, -0.2) is 137 Å². The van der Waals surface area contributed by atoms with Gasteiger partial charge in [0.2, 0.25) is 5.91 Å². The minimum absolute atomic E-state index is 0.157. The van der Waals surface area contributed by atoms with Crippen molar-refractivity contribution in [2.75, 3.05) is 78.5 Å². The van der Waals surface area contributed by atoms with Gasteiger partial charge >= 0.3 is 17.9 Å². The van der Waals surface area contributed by atoms with Crippen LogP contribution in [0.5, 0.6) is 0 Å². The summed E-state index contributed by atoms with van der Waals surface area (Å²) < 4.78 is 0. The zero-order chi connectivity index (χ0) is 21.8. The quantitative estimate of drug-likeness (QED) is 0.309. The van der Waals surface area contributed by atoms with Crippen molar-refractivity contribution in [3.8, 4) is 0 Å². The molecule has 1 fully saturated rings. The SMILES string of the molecule is NC(=O)CCN1CCN(CC(=O)O)CCN(CC(=O)O)CCN(CC(=O)O)CC1. The molecule has 5 N–H and O–H groups in total. The van der Waals surface area contributed by atoms with Crippen LogP contribution in [0.25, 0.3) is 0 Å². The fourth-order valence-electron chi connectivity index (χ4n) is 3.12. The van der Waals surface area contributed by atoms with Crippen molar-refractivity contribution in [3.63, 3.8) is 0 Å². The Labute approximate surface area is 169 Å². The molecule has 1 aliphatic heterocycles. The molecule has 166 valence electrons. The fraction of sp³-hybridized carbons (Fsp3) is 0.765. The topological polar surface area (TPSA) is 168 Å². The number of nitrogens with zero attached hydrogens (tertiary/aromatic N) is 4.